The lowest BCUT2D eigenvalue weighted by Gasteiger charge is -2.37. The van der Waals surface area contributed by atoms with E-state index in [1.165, 1.54) is 0 Å². The Hall–Kier alpha value is -0.420. The summed E-state index contributed by atoms with van der Waals surface area (Å²) in [6, 6.07) is -0.544. The normalized spacial score (nSPS) is 43.6. The maximum absolute atomic E-state index is 11.9. The van der Waals surface area contributed by atoms with Crippen molar-refractivity contribution in [2.45, 2.75) is 44.0 Å². The number of nitrogens with one attached hydrogen (secondary N) is 1. The maximum atomic E-state index is 11.9. The molecule has 15 heavy (non-hydrogen) atoms. The van der Waals surface area contributed by atoms with E-state index in [4.69, 9.17) is 5.11 Å². The van der Waals surface area contributed by atoms with E-state index in [1.807, 2.05) is 0 Å². The van der Waals surface area contributed by atoms with Gasteiger partial charge in [-0.15, -0.1) is 0 Å². The highest BCUT2D eigenvalue weighted by Gasteiger charge is 2.49. The smallest absolute Gasteiger partial charge is 0.321 e. The first-order chi connectivity index (χ1) is 6.92. The van der Waals surface area contributed by atoms with Gasteiger partial charge >= 0.3 is 5.97 Å². The third-order valence-corrected chi connectivity index (χ3v) is 5.48. The SMILES string of the molecule is CC1(C)CCC2C1NC(C(=O)O)CS2=O. The summed E-state index contributed by atoms with van der Waals surface area (Å²) in [4.78, 5) is 10.9. The van der Waals surface area contributed by atoms with Gasteiger partial charge in [0.05, 0.1) is 5.25 Å². The monoisotopic (exact) mass is 231 g/mol. The van der Waals surface area contributed by atoms with Crippen molar-refractivity contribution < 1.29 is 14.1 Å². The van der Waals surface area contributed by atoms with Gasteiger partial charge in [-0.2, -0.15) is 0 Å². The van der Waals surface area contributed by atoms with Gasteiger partial charge in [-0.05, 0) is 18.3 Å². The second-order valence-corrected chi connectivity index (χ2v) is 6.85. The van der Waals surface area contributed by atoms with E-state index in [0.29, 0.717) is 0 Å². The lowest BCUT2D eigenvalue weighted by molar-refractivity contribution is -0.139. The molecule has 4 nitrogen and oxygen atoms in total. The molecule has 2 rings (SSSR count). The van der Waals surface area contributed by atoms with E-state index in [0.717, 1.165) is 12.8 Å². The van der Waals surface area contributed by atoms with Crippen LogP contribution in [0.4, 0.5) is 0 Å². The van der Waals surface area contributed by atoms with Gasteiger partial charge in [-0.1, -0.05) is 13.8 Å². The molecule has 0 spiro atoms. The molecule has 2 N–H and O–H groups in total. The van der Waals surface area contributed by atoms with Gasteiger partial charge in [-0.3, -0.25) is 14.3 Å². The molecule has 86 valence electrons. The fourth-order valence-corrected chi connectivity index (χ4v) is 4.60. The molecule has 5 heteroatoms. The van der Waals surface area contributed by atoms with Gasteiger partial charge in [0.15, 0.2) is 0 Å². The van der Waals surface area contributed by atoms with Crippen LogP contribution < -0.4 is 5.32 Å². The minimum absolute atomic E-state index is 0.0639. The summed E-state index contributed by atoms with van der Waals surface area (Å²) in [5.41, 5.74) is 0.0639. The zero-order valence-electron chi connectivity index (χ0n) is 9.03. The van der Waals surface area contributed by atoms with Crippen molar-refractivity contribution in [1.29, 1.82) is 0 Å². The van der Waals surface area contributed by atoms with Crippen LogP contribution in [0.3, 0.4) is 0 Å². The quantitative estimate of drug-likeness (QED) is 0.683. The van der Waals surface area contributed by atoms with Gasteiger partial charge < -0.3 is 5.11 Å². The van der Waals surface area contributed by atoms with Gasteiger partial charge in [0, 0.05) is 22.6 Å². The third kappa shape index (κ3) is 1.83. The molecule has 1 aliphatic carbocycles. The van der Waals surface area contributed by atoms with Crippen molar-refractivity contribution in [2.75, 3.05) is 5.75 Å². The summed E-state index contributed by atoms with van der Waals surface area (Å²) in [6.45, 7) is 4.23. The van der Waals surface area contributed by atoms with Crippen molar-refractivity contribution in [2.24, 2.45) is 5.41 Å². The Kier molecular flexibility index (Phi) is 2.63. The first kappa shape index (κ1) is 11.1. The van der Waals surface area contributed by atoms with Crippen molar-refractivity contribution >= 4 is 16.8 Å². The van der Waals surface area contributed by atoms with E-state index in [-0.39, 0.29) is 22.5 Å². The average molecular weight is 231 g/mol. The second kappa shape index (κ2) is 3.56. The molecule has 2 fully saturated rings. The average Bonchev–Trinajstić information content (AvgIpc) is 2.43. The van der Waals surface area contributed by atoms with Crippen molar-refractivity contribution in [3.8, 4) is 0 Å². The molecule has 1 aliphatic heterocycles. The Morgan fingerprint density at radius 1 is 1.53 bits per heavy atom. The molecule has 1 saturated heterocycles. The summed E-state index contributed by atoms with van der Waals surface area (Å²) in [5.74, 6) is -0.628. The van der Waals surface area contributed by atoms with E-state index < -0.39 is 22.8 Å². The number of hydrogen-bond acceptors (Lipinski definition) is 3. The fourth-order valence-electron chi connectivity index (χ4n) is 2.65. The van der Waals surface area contributed by atoms with Gasteiger partial charge in [0.1, 0.15) is 6.04 Å². The van der Waals surface area contributed by atoms with Gasteiger partial charge in [-0.25, -0.2) is 0 Å². The number of carboxylic acids is 1. The van der Waals surface area contributed by atoms with E-state index in [1.54, 1.807) is 0 Å². The Morgan fingerprint density at radius 3 is 2.80 bits per heavy atom. The first-order valence-corrected chi connectivity index (χ1v) is 6.66. The zero-order chi connectivity index (χ0) is 11.2. The van der Waals surface area contributed by atoms with E-state index in [2.05, 4.69) is 19.2 Å². The molecule has 1 saturated carbocycles. The topological polar surface area (TPSA) is 66.4 Å². The number of hydrogen-bond donors (Lipinski definition) is 2. The maximum Gasteiger partial charge on any atom is 0.321 e. The summed E-state index contributed by atoms with van der Waals surface area (Å²) >= 11 is 0. The van der Waals surface area contributed by atoms with Gasteiger partial charge in [0.25, 0.3) is 0 Å². The molecule has 0 bridgehead atoms. The molecular formula is C10H17NO3S. The van der Waals surface area contributed by atoms with Crippen molar-refractivity contribution in [3.05, 3.63) is 0 Å². The minimum atomic E-state index is -0.986. The molecule has 4 atom stereocenters. The minimum Gasteiger partial charge on any atom is -0.480 e. The first-order valence-electron chi connectivity index (χ1n) is 5.28. The molecule has 0 aromatic carbocycles. The summed E-state index contributed by atoms with van der Waals surface area (Å²) in [6.07, 6.45) is 1.97. The van der Waals surface area contributed by atoms with E-state index in [9.17, 15) is 9.00 Å². The highest BCUT2D eigenvalue weighted by Crippen LogP contribution is 2.41. The van der Waals surface area contributed by atoms with Crippen molar-refractivity contribution in [3.63, 3.8) is 0 Å². The molecule has 0 radical (unpaired) electrons. The molecular weight excluding hydrogens is 214 g/mol. The van der Waals surface area contributed by atoms with Crippen LogP contribution in [0.15, 0.2) is 0 Å². The fraction of sp³-hybridized carbons (Fsp3) is 0.900. The highest BCUT2D eigenvalue weighted by atomic mass is 32.2. The highest BCUT2D eigenvalue weighted by molar-refractivity contribution is 7.85. The molecule has 0 amide bonds. The lowest BCUT2D eigenvalue weighted by atomic mass is 9.87. The van der Waals surface area contributed by atoms with Crippen LogP contribution >= 0.6 is 0 Å². The van der Waals surface area contributed by atoms with Crippen LogP contribution in [-0.2, 0) is 15.6 Å². The number of carboxylic acid groups (broad SMARTS) is 1. The van der Waals surface area contributed by atoms with Crippen LogP contribution in [-0.4, -0.2) is 38.4 Å². The molecule has 4 unspecified atom stereocenters. The molecule has 1 heterocycles. The Labute approximate surface area is 91.9 Å². The Morgan fingerprint density at radius 2 is 2.20 bits per heavy atom. The van der Waals surface area contributed by atoms with Crippen LogP contribution in [0.25, 0.3) is 0 Å². The number of carbonyl (C=O) groups is 1. The number of fused-ring (bicyclic) bond motifs is 1. The molecule has 0 aromatic heterocycles. The van der Waals surface area contributed by atoms with Crippen molar-refractivity contribution in [1.82, 2.24) is 5.32 Å². The predicted octanol–water partition coefficient (Wildman–Crippen LogP) is 0.349. The second-order valence-electron chi connectivity index (χ2n) is 5.15. The van der Waals surface area contributed by atoms with Crippen LogP contribution in [0.2, 0.25) is 0 Å². The standard InChI is InChI=1S/C10H17NO3S/c1-10(2)4-3-7-8(10)11-6(9(12)13)5-15(7)14/h6-8,11H,3-5H2,1-2H3,(H,12,13). The summed E-state index contributed by atoms with van der Waals surface area (Å²) < 4.78 is 11.9. The molecule has 2 aliphatic rings. The Balaban J connectivity index is 2.21. The number of aliphatic carboxylic acids is 1. The predicted molar refractivity (Wildman–Crippen MR) is 58.2 cm³/mol. The number of rotatable bonds is 1. The molecule has 0 aromatic rings. The van der Waals surface area contributed by atoms with Gasteiger partial charge in [0.2, 0.25) is 0 Å². The van der Waals surface area contributed by atoms with Crippen LogP contribution in [0.1, 0.15) is 26.7 Å². The third-order valence-electron chi connectivity index (χ3n) is 3.63. The lowest BCUT2D eigenvalue weighted by Crippen LogP contribution is -2.59. The van der Waals surface area contributed by atoms with E-state index >= 15 is 0 Å². The largest absolute Gasteiger partial charge is 0.480 e. The zero-order valence-corrected chi connectivity index (χ0v) is 9.84. The Bertz CT molecular complexity index is 316. The summed E-state index contributed by atoms with van der Waals surface area (Å²) in [5, 5.41) is 12.2. The summed E-state index contributed by atoms with van der Waals surface area (Å²) in [7, 11) is -0.986. The van der Waals surface area contributed by atoms with Crippen LogP contribution in [0, 0.1) is 5.41 Å². The van der Waals surface area contributed by atoms with Crippen LogP contribution in [0.5, 0.6) is 0 Å².